The van der Waals surface area contributed by atoms with Crippen molar-refractivity contribution in [1.29, 1.82) is 0 Å². The molecule has 0 unspecified atom stereocenters. The van der Waals surface area contributed by atoms with Crippen LogP contribution < -0.4 is 4.74 Å². The van der Waals surface area contributed by atoms with Crippen LogP contribution in [-0.2, 0) is 4.74 Å². The molecule has 2 bridgehead atoms. The molecule has 2 heterocycles. The molecule has 6 nitrogen and oxygen atoms in total. The Kier molecular flexibility index (Phi) is 5.24. The van der Waals surface area contributed by atoms with Crippen LogP contribution in [0.4, 0.5) is 4.79 Å². The zero-order valence-corrected chi connectivity index (χ0v) is 16.3. The first-order valence-corrected chi connectivity index (χ1v) is 10.2. The van der Waals surface area contributed by atoms with Gasteiger partial charge in [-0.1, -0.05) is 18.7 Å². The molecule has 1 aromatic heterocycles. The third kappa shape index (κ3) is 3.96. The highest BCUT2D eigenvalue weighted by atomic mass is 32.2. The second-order valence-corrected chi connectivity index (χ2v) is 9.03. The first-order valence-electron chi connectivity index (χ1n) is 8.49. The van der Waals surface area contributed by atoms with Crippen LogP contribution in [0.2, 0.25) is 0 Å². The van der Waals surface area contributed by atoms with E-state index < -0.39 is 5.60 Å². The molecule has 0 aromatic carbocycles. The molecule has 1 saturated carbocycles. The van der Waals surface area contributed by atoms with Gasteiger partial charge in [0.15, 0.2) is 5.03 Å². The Bertz CT molecular complexity index is 587. The number of piperidine rings is 1. The predicted molar refractivity (Wildman–Crippen MR) is 94.8 cm³/mol. The summed E-state index contributed by atoms with van der Waals surface area (Å²) in [4.78, 5) is 14.3. The summed E-state index contributed by atoms with van der Waals surface area (Å²) in [6.45, 7) is 8.59. The molecular formula is C16H25N3O3S2. The third-order valence-electron chi connectivity index (χ3n) is 4.19. The van der Waals surface area contributed by atoms with E-state index in [2.05, 4.69) is 15.7 Å². The Balaban J connectivity index is 1.64. The fourth-order valence-corrected chi connectivity index (χ4v) is 4.68. The molecule has 0 radical (unpaired) electrons. The fourth-order valence-electron chi connectivity index (χ4n) is 3.30. The van der Waals surface area contributed by atoms with Crippen molar-refractivity contribution in [3.63, 3.8) is 0 Å². The van der Waals surface area contributed by atoms with Crippen LogP contribution in [0, 0.1) is 5.92 Å². The van der Waals surface area contributed by atoms with Gasteiger partial charge in [-0.3, -0.25) is 0 Å². The van der Waals surface area contributed by atoms with Crippen LogP contribution in [0.25, 0.3) is 0 Å². The molecule has 2 fully saturated rings. The van der Waals surface area contributed by atoms with Crippen molar-refractivity contribution in [2.24, 2.45) is 5.92 Å². The number of nitrogens with zero attached hydrogens (tertiary/aromatic N) is 3. The van der Waals surface area contributed by atoms with Crippen LogP contribution in [0.15, 0.2) is 5.03 Å². The minimum atomic E-state index is -0.474. The number of amides is 1. The van der Waals surface area contributed by atoms with Gasteiger partial charge >= 0.3 is 6.09 Å². The van der Waals surface area contributed by atoms with E-state index in [-0.39, 0.29) is 18.2 Å². The summed E-state index contributed by atoms with van der Waals surface area (Å²) >= 11 is 2.86. The lowest BCUT2D eigenvalue weighted by Crippen LogP contribution is -2.48. The average Bonchev–Trinajstić information content (AvgIpc) is 3.18. The number of likely N-dealkylation sites (tertiary alicyclic amines) is 1. The summed E-state index contributed by atoms with van der Waals surface area (Å²) in [5, 5.41) is 0.869. The van der Waals surface area contributed by atoms with Gasteiger partial charge < -0.3 is 14.4 Å². The SMILES string of the molecule is CCCSc1nsnc1O[C@H]1C[C@H]2C[C@@H]1N(C(=O)OC(C)(C)C)C2. The second kappa shape index (κ2) is 7.07. The third-order valence-corrected chi connectivity index (χ3v) is 5.97. The van der Waals surface area contributed by atoms with E-state index in [1.807, 2.05) is 25.7 Å². The van der Waals surface area contributed by atoms with E-state index in [0.29, 0.717) is 11.8 Å². The summed E-state index contributed by atoms with van der Waals surface area (Å²) in [5.41, 5.74) is -0.474. The largest absolute Gasteiger partial charge is 0.470 e. The Hall–Kier alpha value is -1.02. The standard InChI is InChI=1S/C16H25N3O3S2/c1-5-6-23-14-13(17-24-18-14)21-12-8-10-7-11(12)19(9-10)15(20)22-16(2,3)4/h10-12H,5-9H2,1-4H3/t10-,11+,12+/m1/s1. The number of thioether (sulfide) groups is 1. The Labute approximate surface area is 151 Å². The van der Waals surface area contributed by atoms with Gasteiger partial charge in [-0.2, -0.15) is 4.37 Å². The van der Waals surface area contributed by atoms with E-state index in [0.717, 1.165) is 36.6 Å². The van der Waals surface area contributed by atoms with Crippen molar-refractivity contribution in [3.8, 4) is 5.88 Å². The molecule has 0 spiro atoms. The number of rotatable bonds is 5. The summed E-state index contributed by atoms with van der Waals surface area (Å²) in [6, 6.07) is 0.0792. The first-order chi connectivity index (χ1) is 11.4. The van der Waals surface area contributed by atoms with Crippen LogP contribution in [0.1, 0.15) is 47.0 Å². The predicted octanol–water partition coefficient (Wildman–Crippen LogP) is 3.82. The molecule has 3 atom stereocenters. The maximum atomic E-state index is 12.4. The van der Waals surface area contributed by atoms with E-state index >= 15 is 0 Å². The zero-order chi connectivity index (χ0) is 17.3. The first kappa shape index (κ1) is 17.8. The summed E-state index contributed by atoms with van der Waals surface area (Å²) in [6.07, 6.45) is 2.79. The molecule has 3 rings (SSSR count). The smallest absolute Gasteiger partial charge is 0.410 e. The lowest BCUT2D eigenvalue weighted by atomic mass is 10.1. The Morgan fingerprint density at radius 2 is 2.17 bits per heavy atom. The molecule has 0 N–H and O–H groups in total. The van der Waals surface area contributed by atoms with Gasteiger partial charge in [0, 0.05) is 6.54 Å². The Morgan fingerprint density at radius 3 is 2.83 bits per heavy atom. The lowest BCUT2D eigenvalue weighted by molar-refractivity contribution is 0.00182. The molecule has 1 aliphatic heterocycles. The highest BCUT2D eigenvalue weighted by Gasteiger charge is 2.49. The minimum absolute atomic E-state index is 0.0128. The molecule has 1 saturated heterocycles. The molecule has 1 aliphatic carbocycles. The van der Waals surface area contributed by atoms with Crippen LogP contribution in [0.5, 0.6) is 5.88 Å². The summed E-state index contributed by atoms with van der Waals surface area (Å²) in [5.74, 6) is 2.12. The number of carbonyl (C=O) groups is 1. The van der Waals surface area contributed by atoms with Crippen molar-refractivity contribution in [3.05, 3.63) is 0 Å². The van der Waals surface area contributed by atoms with Crippen LogP contribution in [0.3, 0.4) is 0 Å². The van der Waals surface area contributed by atoms with Gasteiger partial charge in [0.2, 0.25) is 0 Å². The quantitative estimate of drug-likeness (QED) is 0.733. The van der Waals surface area contributed by atoms with E-state index in [4.69, 9.17) is 9.47 Å². The van der Waals surface area contributed by atoms with Crippen molar-refractivity contribution < 1.29 is 14.3 Å². The molecule has 1 aromatic rings. The lowest BCUT2D eigenvalue weighted by Gasteiger charge is -2.34. The highest BCUT2D eigenvalue weighted by Crippen LogP contribution is 2.41. The summed E-state index contributed by atoms with van der Waals surface area (Å²) in [7, 11) is 0. The summed E-state index contributed by atoms with van der Waals surface area (Å²) < 4.78 is 20.3. The molecule has 8 heteroatoms. The number of hydrogen-bond acceptors (Lipinski definition) is 7. The van der Waals surface area contributed by atoms with E-state index in [1.54, 1.807) is 11.8 Å². The molecule has 24 heavy (non-hydrogen) atoms. The number of fused-ring (bicyclic) bond motifs is 2. The molecule has 2 aliphatic rings. The number of hydrogen-bond donors (Lipinski definition) is 0. The minimum Gasteiger partial charge on any atom is -0.470 e. The van der Waals surface area contributed by atoms with Crippen molar-refractivity contribution >= 4 is 29.6 Å². The normalized spacial score (nSPS) is 26.0. The van der Waals surface area contributed by atoms with Gasteiger partial charge in [0.25, 0.3) is 5.88 Å². The van der Waals surface area contributed by atoms with Gasteiger partial charge in [-0.05, 0) is 51.7 Å². The Morgan fingerprint density at radius 1 is 1.38 bits per heavy atom. The topological polar surface area (TPSA) is 64.6 Å². The number of ether oxygens (including phenoxy) is 2. The highest BCUT2D eigenvalue weighted by molar-refractivity contribution is 7.99. The van der Waals surface area contributed by atoms with Gasteiger partial charge in [-0.25, -0.2) is 4.79 Å². The van der Waals surface area contributed by atoms with E-state index in [9.17, 15) is 4.79 Å². The molecule has 1 amide bonds. The average molecular weight is 372 g/mol. The van der Waals surface area contributed by atoms with Gasteiger partial charge in [0.05, 0.1) is 17.8 Å². The van der Waals surface area contributed by atoms with Crippen molar-refractivity contribution in [1.82, 2.24) is 13.6 Å². The van der Waals surface area contributed by atoms with Crippen LogP contribution >= 0.6 is 23.5 Å². The van der Waals surface area contributed by atoms with Gasteiger partial charge in [-0.15, -0.1) is 4.37 Å². The van der Waals surface area contributed by atoms with Crippen molar-refractivity contribution in [2.75, 3.05) is 12.3 Å². The molecule has 134 valence electrons. The number of carbonyl (C=O) groups excluding carboxylic acids is 1. The molecular weight excluding hydrogens is 346 g/mol. The van der Waals surface area contributed by atoms with Crippen molar-refractivity contribution in [2.45, 2.75) is 69.7 Å². The number of aromatic nitrogens is 2. The van der Waals surface area contributed by atoms with Crippen LogP contribution in [-0.4, -0.2) is 49.8 Å². The zero-order valence-electron chi connectivity index (χ0n) is 14.7. The maximum absolute atomic E-state index is 12.4. The van der Waals surface area contributed by atoms with E-state index in [1.165, 1.54) is 11.7 Å². The second-order valence-electron chi connectivity index (χ2n) is 7.42. The maximum Gasteiger partial charge on any atom is 0.410 e. The fraction of sp³-hybridized carbons (Fsp3) is 0.812. The monoisotopic (exact) mass is 371 g/mol. The van der Waals surface area contributed by atoms with Gasteiger partial charge in [0.1, 0.15) is 11.7 Å².